The zero-order valence-electron chi connectivity index (χ0n) is 13.6. The molecule has 1 aliphatic heterocycles. The van der Waals surface area contributed by atoms with Crippen LogP contribution in [-0.4, -0.2) is 30.2 Å². The molecule has 1 aromatic heterocycles. The standard InChI is InChI=1S/C19H25N3S/c1-2-6-16-14-17(13-15(16)5-1)20-9-8-18-7-3-4-11-22(18)19-21-10-12-23-19/h1-2,5-6,10,12,17-18,20H,3-4,7-9,11,13-14H2/t18-/m1/s1. The summed E-state index contributed by atoms with van der Waals surface area (Å²) >= 11 is 1.78. The number of aromatic nitrogens is 1. The molecule has 1 saturated heterocycles. The van der Waals surface area contributed by atoms with Gasteiger partial charge in [-0.15, -0.1) is 11.3 Å². The molecule has 4 rings (SSSR count). The summed E-state index contributed by atoms with van der Waals surface area (Å²) in [5.41, 5.74) is 3.07. The van der Waals surface area contributed by atoms with Crippen LogP contribution < -0.4 is 10.2 Å². The van der Waals surface area contributed by atoms with E-state index in [-0.39, 0.29) is 0 Å². The lowest BCUT2D eigenvalue weighted by Gasteiger charge is -2.36. The number of nitrogens with one attached hydrogen (secondary N) is 1. The van der Waals surface area contributed by atoms with E-state index in [0.29, 0.717) is 12.1 Å². The number of fused-ring (bicyclic) bond motifs is 1. The van der Waals surface area contributed by atoms with Crippen molar-refractivity contribution >= 4 is 16.5 Å². The maximum absolute atomic E-state index is 4.53. The molecule has 0 spiro atoms. The van der Waals surface area contributed by atoms with E-state index in [0.717, 1.165) is 6.54 Å². The highest BCUT2D eigenvalue weighted by molar-refractivity contribution is 7.13. The Kier molecular flexibility index (Phi) is 4.62. The van der Waals surface area contributed by atoms with Crippen molar-refractivity contribution in [3.8, 4) is 0 Å². The van der Waals surface area contributed by atoms with Crippen LogP contribution in [0, 0.1) is 0 Å². The lowest BCUT2D eigenvalue weighted by molar-refractivity contribution is 0.413. The molecule has 0 amide bonds. The zero-order chi connectivity index (χ0) is 15.5. The minimum absolute atomic E-state index is 0.629. The molecular weight excluding hydrogens is 302 g/mol. The summed E-state index contributed by atoms with van der Waals surface area (Å²) < 4.78 is 0. The van der Waals surface area contributed by atoms with E-state index >= 15 is 0 Å². The minimum atomic E-state index is 0.629. The highest BCUT2D eigenvalue weighted by Crippen LogP contribution is 2.28. The summed E-state index contributed by atoms with van der Waals surface area (Å²) in [6.45, 7) is 2.29. The van der Waals surface area contributed by atoms with E-state index in [1.54, 1.807) is 11.3 Å². The summed E-state index contributed by atoms with van der Waals surface area (Å²) in [4.78, 5) is 7.07. The lowest BCUT2D eigenvalue weighted by Crippen LogP contribution is -2.42. The molecule has 1 atom stereocenters. The summed E-state index contributed by atoms with van der Waals surface area (Å²) in [6, 6.07) is 10.2. The molecule has 1 fully saturated rings. The Balaban J connectivity index is 1.29. The number of hydrogen-bond donors (Lipinski definition) is 1. The van der Waals surface area contributed by atoms with Gasteiger partial charge in [0.2, 0.25) is 0 Å². The van der Waals surface area contributed by atoms with Gasteiger partial charge in [0.15, 0.2) is 5.13 Å². The Labute approximate surface area is 142 Å². The highest BCUT2D eigenvalue weighted by Gasteiger charge is 2.25. The molecule has 0 saturated carbocycles. The van der Waals surface area contributed by atoms with E-state index in [1.165, 1.54) is 61.3 Å². The van der Waals surface area contributed by atoms with Gasteiger partial charge in [-0.25, -0.2) is 4.98 Å². The van der Waals surface area contributed by atoms with Gasteiger partial charge in [0, 0.05) is 30.2 Å². The molecule has 1 N–H and O–H groups in total. The first-order valence-electron chi connectivity index (χ1n) is 8.86. The number of nitrogens with zero attached hydrogens (tertiary/aromatic N) is 2. The first-order chi connectivity index (χ1) is 11.4. The molecule has 0 bridgehead atoms. The van der Waals surface area contributed by atoms with Crippen LogP contribution in [0.15, 0.2) is 35.8 Å². The van der Waals surface area contributed by atoms with Gasteiger partial charge in [-0.1, -0.05) is 24.3 Å². The van der Waals surface area contributed by atoms with Crippen molar-refractivity contribution in [2.45, 2.75) is 50.6 Å². The van der Waals surface area contributed by atoms with E-state index in [4.69, 9.17) is 0 Å². The number of thiazole rings is 1. The number of rotatable bonds is 5. The van der Waals surface area contributed by atoms with Crippen molar-refractivity contribution in [3.05, 3.63) is 47.0 Å². The summed E-state index contributed by atoms with van der Waals surface area (Å²) in [7, 11) is 0. The maximum atomic E-state index is 4.53. The molecule has 23 heavy (non-hydrogen) atoms. The molecule has 1 aromatic carbocycles. The van der Waals surface area contributed by atoms with Crippen molar-refractivity contribution in [1.29, 1.82) is 0 Å². The van der Waals surface area contributed by atoms with Crippen molar-refractivity contribution in [1.82, 2.24) is 10.3 Å². The van der Waals surface area contributed by atoms with E-state index in [2.05, 4.69) is 44.8 Å². The summed E-state index contributed by atoms with van der Waals surface area (Å²) in [5.74, 6) is 0. The van der Waals surface area contributed by atoms with Crippen molar-refractivity contribution in [2.75, 3.05) is 18.0 Å². The Morgan fingerprint density at radius 3 is 2.74 bits per heavy atom. The average molecular weight is 327 g/mol. The Hall–Kier alpha value is -1.39. The van der Waals surface area contributed by atoms with Crippen LogP contribution in [0.3, 0.4) is 0 Å². The maximum Gasteiger partial charge on any atom is 0.185 e. The monoisotopic (exact) mass is 327 g/mol. The molecule has 0 unspecified atom stereocenters. The third kappa shape index (κ3) is 3.43. The van der Waals surface area contributed by atoms with Gasteiger partial charge < -0.3 is 10.2 Å². The third-order valence-corrected chi connectivity index (χ3v) is 6.06. The van der Waals surface area contributed by atoms with Crippen LogP contribution in [0.2, 0.25) is 0 Å². The van der Waals surface area contributed by atoms with Crippen molar-refractivity contribution in [3.63, 3.8) is 0 Å². The number of hydrogen-bond acceptors (Lipinski definition) is 4. The fourth-order valence-electron chi connectivity index (χ4n) is 4.07. The van der Waals surface area contributed by atoms with E-state index in [1.807, 2.05) is 6.20 Å². The quantitative estimate of drug-likeness (QED) is 0.908. The number of benzene rings is 1. The van der Waals surface area contributed by atoms with Crippen LogP contribution in [0.5, 0.6) is 0 Å². The normalized spacial score (nSPS) is 21.6. The van der Waals surface area contributed by atoms with Crippen LogP contribution in [0.1, 0.15) is 36.8 Å². The first kappa shape index (κ1) is 15.2. The predicted octanol–water partition coefficient (Wildman–Crippen LogP) is 3.65. The molecule has 0 radical (unpaired) electrons. The highest BCUT2D eigenvalue weighted by atomic mass is 32.1. The van der Waals surface area contributed by atoms with Gasteiger partial charge in [-0.05, 0) is 56.2 Å². The van der Waals surface area contributed by atoms with Crippen LogP contribution in [0.25, 0.3) is 0 Å². The Morgan fingerprint density at radius 1 is 1.17 bits per heavy atom. The molecule has 2 heterocycles. The van der Waals surface area contributed by atoms with Gasteiger partial charge in [0.25, 0.3) is 0 Å². The minimum Gasteiger partial charge on any atom is -0.345 e. The second-order valence-electron chi connectivity index (χ2n) is 6.77. The smallest absolute Gasteiger partial charge is 0.185 e. The molecule has 1 aliphatic carbocycles. The number of anilines is 1. The second-order valence-corrected chi connectivity index (χ2v) is 7.65. The molecule has 4 heteroatoms. The van der Waals surface area contributed by atoms with Gasteiger partial charge in [0.1, 0.15) is 0 Å². The van der Waals surface area contributed by atoms with Gasteiger partial charge in [-0.2, -0.15) is 0 Å². The van der Waals surface area contributed by atoms with Crippen molar-refractivity contribution < 1.29 is 0 Å². The van der Waals surface area contributed by atoms with Gasteiger partial charge in [0.05, 0.1) is 0 Å². The zero-order valence-corrected chi connectivity index (χ0v) is 14.4. The van der Waals surface area contributed by atoms with Crippen molar-refractivity contribution in [2.24, 2.45) is 0 Å². The summed E-state index contributed by atoms with van der Waals surface area (Å²) in [5, 5.41) is 7.10. The Morgan fingerprint density at radius 2 is 2.00 bits per heavy atom. The fourth-order valence-corrected chi connectivity index (χ4v) is 4.81. The first-order valence-corrected chi connectivity index (χ1v) is 9.74. The molecular formula is C19H25N3S. The van der Waals surface area contributed by atoms with E-state index in [9.17, 15) is 0 Å². The fraction of sp³-hybridized carbons (Fsp3) is 0.526. The SMILES string of the molecule is c1ccc2c(c1)CC(NCC[C@H]1CCCCN1c1nccs1)C2. The molecule has 2 aromatic rings. The molecule has 2 aliphatic rings. The summed E-state index contributed by atoms with van der Waals surface area (Å²) in [6.07, 6.45) is 9.52. The molecule has 3 nitrogen and oxygen atoms in total. The topological polar surface area (TPSA) is 28.2 Å². The van der Waals surface area contributed by atoms with Crippen LogP contribution in [0.4, 0.5) is 5.13 Å². The third-order valence-electron chi connectivity index (χ3n) is 5.25. The van der Waals surface area contributed by atoms with Crippen LogP contribution >= 0.6 is 11.3 Å². The molecule has 122 valence electrons. The van der Waals surface area contributed by atoms with Gasteiger partial charge in [-0.3, -0.25) is 0 Å². The Bertz CT molecular complexity index is 600. The second kappa shape index (κ2) is 7.02. The lowest BCUT2D eigenvalue weighted by atomic mass is 10.00. The van der Waals surface area contributed by atoms with E-state index < -0.39 is 0 Å². The largest absolute Gasteiger partial charge is 0.345 e. The average Bonchev–Trinajstić information content (AvgIpc) is 3.24. The van der Waals surface area contributed by atoms with Crippen LogP contribution in [-0.2, 0) is 12.8 Å². The number of piperidine rings is 1. The predicted molar refractivity (Wildman–Crippen MR) is 97.4 cm³/mol. The van der Waals surface area contributed by atoms with Gasteiger partial charge >= 0.3 is 0 Å².